The van der Waals surface area contributed by atoms with Crippen molar-refractivity contribution in [3.8, 4) is 11.3 Å². The first-order valence-electron chi connectivity index (χ1n) is 7.71. The maximum atomic E-state index is 4.84. The first-order valence-corrected chi connectivity index (χ1v) is 8.50. The molecule has 24 heavy (non-hydrogen) atoms. The Kier molecular flexibility index (Phi) is 5.02. The van der Waals surface area contributed by atoms with Crippen LogP contribution in [0.1, 0.15) is 12.7 Å². The second-order valence-electron chi connectivity index (χ2n) is 5.28. The molecule has 1 heterocycles. The van der Waals surface area contributed by atoms with Crippen LogP contribution in [0.2, 0.25) is 0 Å². The molecule has 0 N–H and O–H groups in total. The van der Waals surface area contributed by atoms with E-state index in [2.05, 4.69) is 40.7 Å². The summed E-state index contributed by atoms with van der Waals surface area (Å²) in [4.78, 5) is 9.57. The molecule has 3 heteroatoms. The van der Waals surface area contributed by atoms with Gasteiger partial charge in [-0.1, -0.05) is 77.1 Å². The lowest BCUT2D eigenvalue weighted by Crippen LogP contribution is -1.97. The van der Waals surface area contributed by atoms with Gasteiger partial charge in [-0.05, 0) is 25.1 Å². The van der Waals surface area contributed by atoms with Gasteiger partial charge in [-0.15, -0.1) is 0 Å². The van der Waals surface area contributed by atoms with E-state index in [1.807, 2.05) is 55.5 Å². The highest BCUT2D eigenvalue weighted by Crippen LogP contribution is 2.29. The van der Waals surface area contributed by atoms with E-state index in [-0.39, 0.29) is 0 Å². The van der Waals surface area contributed by atoms with E-state index in [1.165, 1.54) is 0 Å². The van der Waals surface area contributed by atoms with Crippen molar-refractivity contribution in [3.05, 3.63) is 89.7 Å². The molecule has 0 aliphatic rings. The molecule has 0 spiro atoms. The van der Waals surface area contributed by atoms with Gasteiger partial charge in [0.05, 0.1) is 11.2 Å². The van der Waals surface area contributed by atoms with E-state index in [9.17, 15) is 0 Å². The van der Waals surface area contributed by atoms with E-state index in [1.54, 1.807) is 6.08 Å². The zero-order chi connectivity index (χ0) is 16.9. The molecule has 0 aliphatic heterocycles. The largest absolute Gasteiger partial charge is 0.228 e. The zero-order valence-corrected chi connectivity index (χ0v) is 15.0. The fraction of sp³-hybridized carbons (Fsp3) is 0.0476. The number of hydrogen-bond acceptors (Lipinski definition) is 2. The van der Waals surface area contributed by atoms with Crippen LogP contribution in [0, 0.1) is 0 Å². The van der Waals surface area contributed by atoms with Crippen molar-refractivity contribution in [2.45, 2.75) is 6.92 Å². The van der Waals surface area contributed by atoms with Gasteiger partial charge in [0.15, 0.2) is 5.82 Å². The number of nitrogens with zero attached hydrogens (tertiary/aromatic N) is 2. The van der Waals surface area contributed by atoms with Crippen molar-refractivity contribution in [1.29, 1.82) is 0 Å². The van der Waals surface area contributed by atoms with Crippen molar-refractivity contribution in [2.75, 3.05) is 0 Å². The van der Waals surface area contributed by atoms with Crippen LogP contribution in [-0.2, 0) is 0 Å². The minimum absolute atomic E-state index is 0.699. The Hall–Kier alpha value is -2.52. The minimum atomic E-state index is 0.699. The predicted molar refractivity (Wildman–Crippen MR) is 106 cm³/mol. The molecule has 0 atom stereocenters. The summed E-state index contributed by atoms with van der Waals surface area (Å²) in [5, 5.41) is 1.04. The second kappa shape index (κ2) is 7.37. The summed E-state index contributed by atoms with van der Waals surface area (Å²) < 4.78 is 1.05. The van der Waals surface area contributed by atoms with Crippen molar-refractivity contribution in [3.63, 3.8) is 0 Å². The molecule has 0 saturated heterocycles. The molecule has 2 aromatic carbocycles. The minimum Gasteiger partial charge on any atom is -0.228 e. The first kappa shape index (κ1) is 16.3. The quantitative estimate of drug-likeness (QED) is 0.506. The SMILES string of the molecule is C=C/C=C(\C=C/C)c1nc(-c2ccc(Br)cc2)c2ccccc2n1. The summed E-state index contributed by atoms with van der Waals surface area (Å²) in [7, 11) is 0. The average molecular weight is 377 g/mol. The Morgan fingerprint density at radius 3 is 2.50 bits per heavy atom. The summed E-state index contributed by atoms with van der Waals surface area (Å²) >= 11 is 3.48. The van der Waals surface area contributed by atoms with E-state index in [4.69, 9.17) is 9.97 Å². The second-order valence-corrected chi connectivity index (χ2v) is 6.19. The predicted octanol–water partition coefficient (Wildman–Crippen LogP) is 6.20. The molecule has 1 aromatic heterocycles. The average Bonchev–Trinajstić information content (AvgIpc) is 2.61. The van der Waals surface area contributed by atoms with Crippen LogP contribution in [0.4, 0.5) is 0 Å². The number of benzene rings is 2. The zero-order valence-electron chi connectivity index (χ0n) is 13.4. The van der Waals surface area contributed by atoms with Crippen molar-refractivity contribution < 1.29 is 0 Å². The fourth-order valence-corrected chi connectivity index (χ4v) is 2.81. The summed E-state index contributed by atoms with van der Waals surface area (Å²) in [5.41, 5.74) is 3.87. The van der Waals surface area contributed by atoms with E-state index < -0.39 is 0 Å². The molecule has 3 rings (SSSR count). The maximum absolute atomic E-state index is 4.84. The standard InChI is InChI=1S/C21H17BrN2/c1-3-7-16(8-4-2)21-23-19-10-6-5-9-18(19)20(24-21)15-11-13-17(22)14-12-15/h3-14H,1H2,2H3/b8-4-,16-7+. The number of rotatable bonds is 4. The number of aromatic nitrogens is 2. The lowest BCUT2D eigenvalue weighted by Gasteiger charge is -2.10. The van der Waals surface area contributed by atoms with Crippen LogP contribution in [0.15, 0.2) is 83.9 Å². The number of hydrogen-bond donors (Lipinski definition) is 0. The Balaban J connectivity index is 2.29. The molecular formula is C21H17BrN2. The van der Waals surface area contributed by atoms with Crippen LogP contribution in [0.25, 0.3) is 27.7 Å². The van der Waals surface area contributed by atoms with Gasteiger partial charge < -0.3 is 0 Å². The molecule has 0 bridgehead atoms. The molecule has 2 nitrogen and oxygen atoms in total. The van der Waals surface area contributed by atoms with E-state index in [0.29, 0.717) is 5.82 Å². The van der Waals surface area contributed by atoms with Gasteiger partial charge in [0.2, 0.25) is 0 Å². The topological polar surface area (TPSA) is 25.8 Å². The molecule has 0 aliphatic carbocycles. The molecule has 0 saturated carbocycles. The number of para-hydroxylation sites is 1. The summed E-state index contributed by atoms with van der Waals surface area (Å²) in [6.07, 6.45) is 7.66. The first-order chi connectivity index (χ1) is 11.7. The van der Waals surface area contributed by atoms with Gasteiger partial charge in [-0.2, -0.15) is 0 Å². The Morgan fingerprint density at radius 2 is 1.79 bits per heavy atom. The summed E-state index contributed by atoms with van der Waals surface area (Å²) in [5.74, 6) is 0.699. The molecule has 0 unspecified atom stereocenters. The van der Waals surface area contributed by atoms with E-state index >= 15 is 0 Å². The molecule has 0 radical (unpaired) electrons. The Morgan fingerprint density at radius 1 is 1.04 bits per heavy atom. The Labute approximate surface area is 150 Å². The Bertz CT molecular complexity index is 938. The fourth-order valence-electron chi connectivity index (χ4n) is 2.54. The van der Waals surface area contributed by atoms with Crippen LogP contribution in [-0.4, -0.2) is 9.97 Å². The van der Waals surface area contributed by atoms with Gasteiger partial charge >= 0.3 is 0 Å². The third-order valence-electron chi connectivity index (χ3n) is 3.62. The maximum Gasteiger partial charge on any atom is 0.160 e. The monoisotopic (exact) mass is 376 g/mol. The van der Waals surface area contributed by atoms with Crippen LogP contribution in [0.3, 0.4) is 0 Å². The van der Waals surface area contributed by atoms with Crippen LogP contribution < -0.4 is 0 Å². The highest BCUT2D eigenvalue weighted by molar-refractivity contribution is 9.10. The molecule has 3 aromatic rings. The molecule has 0 amide bonds. The van der Waals surface area contributed by atoms with Crippen LogP contribution >= 0.6 is 15.9 Å². The van der Waals surface area contributed by atoms with Gasteiger partial charge in [0, 0.05) is 21.0 Å². The lowest BCUT2D eigenvalue weighted by atomic mass is 10.1. The van der Waals surface area contributed by atoms with Gasteiger partial charge in [0.25, 0.3) is 0 Å². The van der Waals surface area contributed by atoms with Gasteiger partial charge in [0.1, 0.15) is 0 Å². The third-order valence-corrected chi connectivity index (χ3v) is 4.15. The number of fused-ring (bicyclic) bond motifs is 1. The highest BCUT2D eigenvalue weighted by Gasteiger charge is 2.11. The molecule has 0 fully saturated rings. The van der Waals surface area contributed by atoms with Crippen molar-refractivity contribution in [2.24, 2.45) is 0 Å². The molecular weight excluding hydrogens is 360 g/mol. The highest BCUT2D eigenvalue weighted by atomic mass is 79.9. The summed E-state index contributed by atoms with van der Waals surface area (Å²) in [6, 6.07) is 16.3. The normalized spacial score (nSPS) is 12.0. The van der Waals surface area contributed by atoms with Crippen molar-refractivity contribution in [1.82, 2.24) is 9.97 Å². The van der Waals surface area contributed by atoms with Gasteiger partial charge in [-0.25, -0.2) is 9.97 Å². The van der Waals surface area contributed by atoms with Crippen molar-refractivity contribution >= 4 is 32.4 Å². The third kappa shape index (κ3) is 3.36. The lowest BCUT2D eigenvalue weighted by molar-refractivity contribution is 1.17. The number of halogens is 1. The summed E-state index contributed by atoms with van der Waals surface area (Å²) in [6.45, 7) is 5.77. The molecule has 118 valence electrons. The smallest absolute Gasteiger partial charge is 0.160 e. The van der Waals surface area contributed by atoms with E-state index in [0.717, 1.165) is 32.2 Å². The van der Waals surface area contributed by atoms with Crippen LogP contribution in [0.5, 0.6) is 0 Å². The van der Waals surface area contributed by atoms with Gasteiger partial charge in [-0.3, -0.25) is 0 Å². The number of allylic oxidation sites excluding steroid dienone is 5.